The van der Waals surface area contributed by atoms with Gasteiger partial charge in [-0.25, -0.2) is 9.78 Å². The van der Waals surface area contributed by atoms with Crippen molar-refractivity contribution < 1.29 is 9.90 Å². The number of carboxylic acids is 1. The molecule has 0 atom stereocenters. The Hall–Kier alpha value is -2.10. The van der Waals surface area contributed by atoms with Crippen molar-refractivity contribution in [1.82, 2.24) is 9.97 Å². The van der Waals surface area contributed by atoms with Gasteiger partial charge >= 0.3 is 5.97 Å². The third-order valence-corrected chi connectivity index (χ3v) is 2.94. The SMILES string of the molecule is CC(C)(Cc1ccccc1)c1ncc(C(=O)O)[nH]1. The first-order valence-corrected chi connectivity index (χ1v) is 5.82. The number of aromatic carboxylic acids is 1. The maximum atomic E-state index is 10.8. The zero-order valence-electron chi connectivity index (χ0n) is 10.5. The predicted octanol–water partition coefficient (Wildman–Crippen LogP) is 2.63. The molecular formula is C14H16N2O2. The number of aromatic nitrogens is 2. The Kier molecular flexibility index (Phi) is 3.19. The van der Waals surface area contributed by atoms with E-state index in [0.29, 0.717) is 5.82 Å². The third kappa shape index (κ3) is 2.59. The van der Waals surface area contributed by atoms with Gasteiger partial charge in [-0.05, 0) is 12.0 Å². The van der Waals surface area contributed by atoms with Crippen molar-refractivity contribution in [3.05, 3.63) is 53.6 Å². The highest BCUT2D eigenvalue weighted by atomic mass is 16.4. The predicted molar refractivity (Wildman–Crippen MR) is 68.7 cm³/mol. The molecule has 18 heavy (non-hydrogen) atoms. The van der Waals surface area contributed by atoms with Crippen LogP contribution in [0.3, 0.4) is 0 Å². The summed E-state index contributed by atoms with van der Waals surface area (Å²) in [5.74, 6) is -0.284. The number of carbonyl (C=O) groups is 1. The van der Waals surface area contributed by atoms with Gasteiger partial charge in [0, 0.05) is 5.41 Å². The van der Waals surface area contributed by atoms with E-state index in [0.717, 1.165) is 6.42 Å². The standard InChI is InChI=1S/C14H16N2O2/c1-14(2,8-10-6-4-3-5-7-10)13-15-9-11(16-13)12(17)18/h3-7,9H,8H2,1-2H3,(H,15,16)(H,17,18). The van der Waals surface area contributed by atoms with Gasteiger partial charge in [-0.1, -0.05) is 44.2 Å². The van der Waals surface area contributed by atoms with E-state index in [1.807, 2.05) is 32.0 Å². The lowest BCUT2D eigenvalue weighted by molar-refractivity contribution is 0.0691. The topological polar surface area (TPSA) is 66.0 Å². The van der Waals surface area contributed by atoms with Crippen LogP contribution in [0, 0.1) is 0 Å². The van der Waals surface area contributed by atoms with Gasteiger partial charge in [0.15, 0.2) is 0 Å². The number of rotatable bonds is 4. The Morgan fingerprint density at radius 3 is 2.56 bits per heavy atom. The smallest absolute Gasteiger partial charge is 0.353 e. The van der Waals surface area contributed by atoms with E-state index in [1.165, 1.54) is 11.8 Å². The summed E-state index contributed by atoms with van der Waals surface area (Å²) in [6, 6.07) is 10.1. The summed E-state index contributed by atoms with van der Waals surface area (Å²) >= 11 is 0. The average Bonchev–Trinajstić information content (AvgIpc) is 2.79. The molecule has 0 aliphatic rings. The fourth-order valence-electron chi connectivity index (χ4n) is 1.96. The number of benzene rings is 1. The first kappa shape index (κ1) is 12.4. The van der Waals surface area contributed by atoms with Crippen molar-refractivity contribution in [1.29, 1.82) is 0 Å². The van der Waals surface area contributed by atoms with E-state index in [-0.39, 0.29) is 11.1 Å². The van der Waals surface area contributed by atoms with Crippen molar-refractivity contribution in [3.8, 4) is 0 Å². The van der Waals surface area contributed by atoms with Gasteiger partial charge in [-0.15, -0.1) is 0 Å². The molecule has 94 valence electrons. The minimum Gasteiger partial charge on any atom is -0.477 e. The van der Waals surface area contributed by atoms with Crippen molar-refractivity contribution in [2.45, 2.75) is 25.7 Å². The molecule has 4 nitrogen and oxygen atoms in total. The highest BCUT2D eigenvalue weighted by Crippen LogP contribution is 2.25. The molecule has 0 spiro atoms. The second-order valence-electron chi connectivity index (χ2n) is 5.00. The first-order chi connectivity index (χ1) is 8.49. The van der Waals surface area contributed by atoms with Crippen LogP contribution >= 0.6 is 0 Å². The van der Waals surface area contributed by atoms with Crippen LogP contribution in [0.2, 0.25) is 0 Å². The minimum absolute atomic E-state index is 0.131. The molecule has 0 amide bonds. The van der Waals surface area contributed by atoms with Crippen molar-refractivity contribution in [3.63, 3.8) is 0 Å². The molecule has 0 radical (unpaired) electrons. The summed E-state index contributed by atoms with van der Waals surface area (Å²) in [4.78, 5) is 17.9. The average molecular weight is 244 g/mol. The molecule has 2 rings (SSSR count). The zero-order chi connectivity index (χ0) is 13.2. The van der Waals surface area contributed by atoms with Gasteiger partial charge in [0.25, 0.3) is 0 Å². The van der Waals surface area contributed by atoms with Gasteiger partial charge in [0.2, 0.25) is 0 Å². The van der Waals surface area contributed by atoms with Gasteiger partial charge in [0.05, 0.1) is 6.20 Å². The normalized spacial score (nSPS) is 11.4. The van der Waals surface area contributed by atoms with E-state index in [4.69, 9.17) is 5.11 Å². The van der Waals surface area contributed by atoms with Crippen LogP contribution in [-0.4, -0.2) is 21.0 Å². The molecule has 0 fully saturated rings. The lowest BCUT2D eigenvalue weighted by Crippen LogP contribution is -2.22. The van der Waals surface area contributed by atoms with Crippen LogP contribution in [0.4, 0.5) is 0 Å². The number of nitrogens with one attached hydrogen (secondary N) is 1. The molecule has 4 heteroatoms. The van der Waals surface area contributed by atoms with E-state index in [9.17, 15) is 4.79 Å². The summed E-state index contributed by atoms with van der Waals surface area (Å²) in [6.45, 7) is 4.09. The number of aromatic amines is 1. The van der Waals surface area contributed by atoms with Crippen molar-refractivity contribution >= 4 is 5.97 Å². The minimum atomic E-state index is -0.982. The van der Waals surface area contributed by atoms with Crippen molar-refractivity contribution in [2.24, 2.45) is 0 Å². The molecule has 0 saturated carbocycles. The van der Waals surface area contributed by atoms with E-state index < -0.39 is 5.97 Å². The number of nitrogens with zero attached hydrogens (tertiary/aromatic N) is 1. The maximum Gasteiger partial charge on any atom is 0.353 e. The molecule has 1 aromatic carbocycles. The highest BCUT2D eigenvalue weighted by Gasteiger charge is 2.25. The molecule has 1 aromatic heterocycles. The molecule has 2 aromatic rings. The second kappa shape index (κ2) is 4.64. The number of imidazole rings is 1. The Morgan fingerprint density at radius 1 is 1.33 bits per heavy atom. The summed E-state index contributed by atoms with van der Waals surface area (Å²) in [5, 5.41) is 8.88. The van der Waals surface area contributed by atoms with Crippen molar-refractivity contribution in [2.75, 3.05) is 0 Å². The zero-order valence-corrected chi connectivity index (χ0v) is 10.5. The van der Waals surface area contributed by atoms with Gasteiger partial charge in [0.1, 0.15) is 11.5 Å². The van der Waals surface area contributed by atoms with Gasteiger partial charge in [-0.2, -0.15) is 0 Å². The number of H-pyrrole nitrogens is 1. The Labute approximate surface area is 106 Å². The second-order valence-corrected chi connectivity index (χ2v) is 5.00. The molecule has 0 bridgehead atoms. The number of carboxylic acid groups (broad SMARTS) is 1. The molecular weight excluding hydrogens is 228 g/mol. The molecule has 0 unspecified atom stereocenters. The van der Waals surface area contributed by atoms with E-state index in [1.54, 1.807) is 0 Å². The summed E-state index contributed by atoms with van der Waals surface area (Å²) in [7, 11) is 0. The fourth-order valence-corrected chi connectivity index (χ4v) is 1.96. The van der Waals surface area contributed by atoms with Crippen LogP contribution in [-0.2, 0) is 11.8 Å². The van der Waals surface area contributed by atoms with Gasteiger partial charge < -0.3 is 10.1 Å². The summed E-state index contributed by atoms with van der Waals surface area (Å²) < 4.78 is 0. The molecule has 1 heterocycles. The Morgan fingerprint density at radius 2 is 2.00 bits per heavy atom. The van der Waals surface area contributed by atoms with E-state index >= 15 is 0 Å². The quantitative estimate of drug-likeness (QED) is 0.868. The fraction of sp³-hybridized carbons (Fsp3) is 0.286. The third-order valence-electron chi connectivity index (χ3n) is 2.94. The van der Waals surface area contributed by atoms with Crippen LogP contribution in [0.25, 0.3) is 0 Å². The van der Waals surface area contributed by atoms with Gasteiger partial charge in [-0.3, -0.25) is 0 Å². The lowest BCUT2D eigenvalue weighted by atomic mass is 9.85. The molecule has 0 saturated heterocycles. The first-order valence-electron chi connectivity index (χ1n) is 5.82. The lowest BCUT2D eigenvalue weighted by Gasteiger charge is -2.22. The maximum absolute atomic E-state index is 10.8. The summed E-state index contributed by atoms with van der Waals surface area (Å²) in [5.41, 5.74) is 1.11. The Bertz CT molecular complexity index is 544. The molecule has 0 aliphatic heterocycles. The molecule has 2 N–H and O–H groups in total. The number of hydrogen-bond donors (Lipinski definition) is 2. The van der Waals surface area contributed by atoms with Crippen LogP contribution in [0.1, 0.15) is 35.7 Å². The Balaban J connectivity index is 2.22. The largest absolute Gasteiger partial charge is 0.477 e. The van der Waals surface area contributed by atoms with E-state index in [2.05, 4.69) is 22.1 Å². The highest BCUT2D eigenvalue weighted by molar-refractivity contribution is 5.85. The monoisotopic (exact) mass is 244 g/mol. The van der Waals surface area contributed by atoms with Crippen LogP contribution < -0.4 is 0 Å². The van der Waals surface area contributed by atoms with Crippen LogP contribution in [0.5, 0.6) is 0 Å². The molecule has 0 aliphatic carbocycles. The summed E-state index contributed by atoms with van der Waals surface area (Å²) in [6.07, 6.45) is 2.17. The number of hydrogen-bond acceptors (Lipinski definition) is 2. The van der Waals surface area contributed by atoms with Crippen LogP contribution in [0.15, 0.2) is 36.5 Å².